The fraction of sp³-hybridized carbons (Fsp3) is 0.400. The normalized spacial score (nSPS) is 11.4. The molecule has 3 nitrogen and oxygen atoms in total. The van der Waals surface area contributed by atoms with E-state index in [0.717, 1.165) is 35.6 Å². The summed E-state index contributed by atoms with van der Waals surface area (Å²) in [6.07, 6.45) is 1.05. The Morgan fingerprint density at radius 3 is 2.54 bits per heavy atom. The number of halogens is 1. The highest BCUT2D eigenvalue weighted by Crippen LogP contribution is 2.32. The zero-order chi connectivity index (χ0) is 17.6. The van der Waals surface area contributed by atoms with E-state index >= 15 is 0 Å². The van der Waals surface area contributed by atoms with Crippen LogP contribution in [-0.2, 0) is 13.2 Å². The van der Waals surface area contributed by atoms with Crippen molar-refractivity contribution in [3.63, 3.8) is 0 Å². The van der Waals surface area contributed by atoms with Crippen LogP contribution in [0.15, 0.2) is 42.5 Å². The van der Waals surface area contributed by atoms with Gasteiger partial charge in [-0.1, -0.05) is 42.8 Å². The van der Waals surface area contributed by atoms with Crippen LogP contribution >= 0.6 is 11.6 Å². The van der Waals surface area contributed by atoms with Crippen molar-refractivity contribution in [3.05, 3.63) is 58.6 Å². The summed E-state index contributed by atoms with van der Waals surface area (Å²) < 4.78 is 11.6. The van der Waals surface area contributed by atoms with Gasteiger partial charge < -0.3 is 14.8 Å². The van der Waals surface area contributed by atoms with E-state index in [4.69, 9.17) is 21.1 Å². The summed E-state index contributed by atoms with van der Waals surface area (Å²) in [4.78, 5) is 0. The summed E-state index contributed by atoms with van der Waals surface area (Å²) in [5.41, 5.74) is 2.19. The topological polar surface area (TPSA) is 30.5 Å². The van der Waals surface area contributed by atoms with Gasteiger partial charge in [-0.15, -0.1) is 0 Å². The van der Waals surface area contributed by atoms with Crippen molar-refractivity contribution in [3.8, 4) is 11.5 Å². The molecular weight excluding hydrogens is 322 g/mol. The summed E-state index contributed by atoms with van der Waals surface area (Å²) in [6.45, 7) is 7.74. The van der Waals surface area contributed by atoms with Gasteiger partial charge in [0.25, 0.3) is 0 Å². The highest BCUT2D eigenvalue weighted by Gasteiger charge is 2.17. The third kappa shape index (κ3) is 5.15. The van der Waals surface area contributed by atoms with Crippen LogP contribution in [0.3, 0.4) is 0 Å². The molecule has 2 rings (SSSR count). The van der Waals surface area contributed by atoms with E-state index in [0.29, 0.717) is 11.6 Å². The minimum absolute atomic E-state index is 0.0767. The predicted molar refractivity (Wildman–Crippen MR) is 100.0 cm³/mol. The Kier molecular flexibility index (Phi) is 6.52. The number of para-hydroxylation sites is 1. The Morgan fingerprint density at radius 1 is 1.12 bits per heavy atom. The third-order valence-electron chi connectivity index (χ3n) is 4.19. The van der Waals surface area contributed by atoms with Gasteiger partial charge in [-0.2, -0.15) is 0 Å². The van der Waals surface area contributed by atoms with Crippen molar-refractivity contribution in [2.24, 2.45) is 0 Å². The predicted octanol–water partition coefficient (Wildman–Crippen LogP) is 5.21. The maximum absolute atomic E-state index is 6.08. The van der Waals surface area contributed by atoms with E-state index in [1.165, 1.54) is 0 Å². The van der Waals surface area contributed by atoms with E-state index in [1.807, 2.05) is 36.4 Å². The highest BCUT2D eigenvalue weighted by molar-refractivity contribution is 6.30. The van der Waals surface area contributed by atoms with Gasteiger partial charge in [0.1, 0.15) is 6.61 Å². The molecule has 2 aromatic carbocycles. The Morgan fingerprint density at radius 2 is 1.88 bits per heavy atom. The van der Waals surface area contributed by atoms with Gasteiger partial charge in [0.15, 0.2) is 11.5 Å². The molecule has 0 aromatic heterocycles. The minimum atomic E-state index is 0.0767. The monoisotopic (exact) mass is 347 g/mol. The van der Waals surface area contributed by atoms with Gasteiger partial charge in [0.05, 0.1) is 7.11 Å². The van der Waals surface area contributed by atoms with Crippen LogP contribution in [0, 0.1) is 0 Å². The largest absolute Gasteiger partial charge is 0.493 e. The van der Waals surface area contributed by atoms with Gasteiger partial charge in [0, 0.05) is 22.7 Å². The number of rotatable bonds is 8. The standard InChI is InChI=1S/C20H26ClNO2/c1-5-20(2,3)22-13-16-9-7-11-18(23-4)19(16)24-14-15-8-6-10-17(21)12-15/h6-12,22H,5,13-14H2,1-4H3. The van der Waals surface area contributed by atoms with Crippen LogP contribution in [-0.4, -0.2) is 12.6 Å². The molecule has 0 bridgehead atoms. The Hall–Kier alpha value is -1.71. The van der Waals surface area contributed by atoms with Crippen LogP contribution in [0.1, 0.15) is 38.3 Å². The van der Waals surface area contributed by atoms with Crippen LogP contribution in [0.2, 0.25) is 5.02 Å². The lowest BCUT2D eigenvalue weighted by atomic mass is 10.0. The van der Waals surface area contributed by atoms with Crippen LogP contribution in [0.25, 0.3) is 0 Å². The Labute approximate surface area is 149 Å². The molecule has 0 heterocycles. The molecule has 2 aromatic rings. The second-order valence-corrected chi connectivity index (χ2v) is 6.89. The zero-order valence-corrected chi connectivity index (χ0v) is 15.6. The molecule has 0 aliphatic heterocycles. The van der Waals surface area contributed by atoms with E-state index in [9.17, 15) is 0 Å². The molecule has 0 unspecified atom stereocenters. The summed E-state index contributed by atoms with van der Waals surface area (Å²) in [5, 5.41) is 4.28. The average molecular weight is 348 g/mol. The number of hydrogen-bond donors (Lipinski definition) is 1. The molecule has 0 atom stereocenters. The summed E-state index contributed by atoms with van der Waals surface area (Å²) in [5.74, 6) is 1.52. The molecule has 0 radical (unpaired) electrons. The van der Waals surface area contributed by atoms with Crippen molar-refractivity contribution in [1.82, 2.24) is 5.32 Å². The SMILES string of the molecule is CCC(C)(C)NCc1cccc(OC)c1OCc1cccc(Cl)c1. The lowest BCUT2D eigenvalue weighted by Crippen LogP contribution is -2.37. The molecule has 0 spiro atoms. The first-order valence-corrected chi connectivity index (χ1v) is 8.61. The van der Waals surface area contributed by atoms with E-state index in [2.05, 4.69) is 32.2 Å². The third-order valence-corrected chi connectivity index (χ3v) is 4.43. The first-order valence-electron chi connectivity index (χ1n) is 8.23. The number of methoxy groups -OCH3 is 1. The molecular formula is C20H26ClNO2. The molecule has 0 fully saturated rings. The first-order chi connectivity index (χ1) is 11.4. The van der Waals surface area contributed by atoms with E-state index in [1.54, 1.807) is 7.11 Å². The smallest absolute Gasteiger partial charge is 0.166 e. The second-order valence-electron chi connectivity index (χ2n) is 6.46. The molecule has 24 heavy (non-hydrogen) atoms. The van der Waals surface area contributed by atoms with Crippen molar-refractivity contribution in [2.75, 3.05) is 7.11 Å². The highest BCUT2D eigenvalue weighted by atomic mass is 35.5. The van der Waals surface area contributed by atoms with Crippen LogP contribution in [0.5, 0.6) is 11.5 Å². The summed E-state index contributed by atoms with van der Waals surface area (Å²) in [6, 6.07) is 13.7. The van der Waals surface area contributed by atoms with E-state index < -0.39 is 0 Å². The fourth-order valence-corrected chi connectivity index (χ4v) is 2.48. The van der Waals surface area contributed by atoms with Crippen LogP contribution in [0.4, 0.5) is 0 Å². The fourth-order valence-electron chi connectivity index (χ4n) is 2.27. The molecule has 0 aliphatic rings. The molecule has 1 N–H and O–H groups in total. The quantitative estimate of drug-likeness (QED) is 0.711. The number of benzene rings is 2. The van der Waals surface area contributed by atoms with Gasteiger partial charge in [0.2, 0.25) is 0 Å². The van der Waals surface area contributed by atoms with Crippen molar-refractivity contribution in [1.29, 1.82) is 0 Å². The summed E-state index contributed by atoms with van der Waals surface area (Å²) >= 11 is 6.04. The van der Waals surface area contributed by atoms with Gasteiger partial charge >= 0.3 is 0 Å². The molecule has 130 valence electrons. The molecule has 0 amide bonds. The molecule has 0 saturated heterocycles. The number of ether oxygens (including phenoxy) is 2. The van der Waals surface area contributed by atoms with Crippen LogP contribution < -0.4 is 14.8 Å². The van der Waals surface area contributed by atoms with E-state index in [-0.39, 0.29) is 5.54 Å². The first kappa shape index (κ1) is 18.6. The zero-order valence-electron chi connectivity index (χ0n) is 14.9. The van der Waals surface area contributed by atoms with Gasteiger partial charge in [-0.3, -0.25) is 0 Å². The maximum atomic E-state index is 6.08. The number of nitrogens with one attached hydrogen (secondary N) is 1. The number of hydrogen-bond acceptors (Lipinski definition) is 3. The Bertz CT molecular complexity index is 670. The van der Waals surface area contributed by atoms with Crippen molar-refractivity contribution < 1.29 is 9.47 Å². The van der Waals surface area contributed by atoms with Gasteiger partial charge in [-0.05, 0) is 44.0 Å². The van der Waals surface area contributed by atoms with Crippen molar-refractivity contribution >= 4 is 11.6 Å². The second kappa shape index (κ2) is 8.41. The average Bonchev–Trinajstić information content (AvgIpc) is 2.58. The summed E-state index contributed by atoms with van der Waals surface area (Å²) in [7, 11) is 1.66. The Balaban J connectivity index is 2.17. The molecule has 4 heteroatoms. The van der Waals surface area contributed by atoms with Crippen molar-refractivity contribution in [2.45, 2.75) is 45.9 Å². The molecule has 0 saturated carbocycles. The minimum Gasteiger partial charge on any atom is -0.493 e. The van der Waals surface area contributed by atoms with Gasteiger partial charge in [-0.25, -0.2) is 0 Å². The maximum Gasteiger partial charge on any atom is 0.166 e. The lowest BCUT2D eigenvalue weighted by Gasteiger charge is -2.25. The lowest BCUT2D eigenvalue weighted by molar-refractivity contribution is 0.278. The molecule has 0 aliphatic carbocycles.